The molecule has 6 heteroatoms. The minimum atomic E-state index is -0.238. The van der Waals surface area contributed by atoms with Crippen LogP contribution in [0.25, 0.3) is 33.3 Å². The molecule has 9 rings (SSSR count). The molecule has 0 amide bonds. The van der Waals surface area contributed by atoms with Gasteiger partial charge in [-0.2, -0.15) is 6.07 Å². The average molecular weight is 1040 g/mol. The Hall–Kier alpha value is -5.90. The molecule has 334 valence electrons. The summed E-state index contributed by atoms with van der Waals surface area (Å²) in [5.74, 6) is 2.06. The van der Waals surface area contributed by atoms with Gasteiger partial charge in [-0.3, -0.25) is 0 Å². The van der Waals surface area contributed by atoms with Gasteiger partial charge in [0.15, 0.2) is 0 Å². The fourth-order valence-electron chi connectivity index (χ4n) is 8.77. The molecule has 1 aliphatic heterocycles. The van der Waals surface area contributed by atoms with Crippen LogP contribution in [0.5, 0.6) is 11.5 Å². The maximum Gasteiger partial charge on any atom is 0.135 e. The van der Waals surface area contributed by atoms with Crippen molar-refractivity contribution in [3.63, 3.8) is 0 Å². The predicted octanol–water partition coefficient (Wildman–Crippen LogP) is 15.2. The SMILES string of the molecule is CC(C)(C)c1cc(N2C=C(c3ccccc3)N(c3[c-]c(Oc4[c-]c5c(c(C(C)(C)C)c4)c4ccccc4n5-c4cc(C(C)(C)c5ccccc5)ccn4)ccc3)[CH-]2)cc(C(C)(C)C)c1.[Pt]. The Kier molecular flexibility index (Phi) is 12.0. The smallest absolute Gasteiger partial charge is 0.135 e. The summed E-state index contributed by atoms with van der Waals surface area (Å²) < 4.78 is 9.14. The molecule has 2 aromatic heterocycles. The average Bonchev–Trinajstić information content (AvgIpc) is 3.86. The van der Waals surface area contributed by atoms with E-state index in [-0.39, 0.29) is 42.7 Å². The Balaban J connectivity index is 0.00000576. The number of pyridine rings is 1. The monoisotopic (exact) mass is 1030 g/mol. The summed E-state index contributed by atoms with van der Waals surface area (Å²) in [6.07, 6.45) is 4.16. The van der Waals surface area contributed by atoms with Gasteiger partial charge in [-0.15, -0.1) is 48.3 Å². The molecular weight excluding hydrogens is 976 g/mol. The molecule has 0 aliphatic carbocycles. The molecule has 6 aromatic carbocycles. The summed E-state index contributed by atoms with van der Waals surface area (Å²) in [5, 5.41) is 2.31. The van der Waals surface area contributed by atoms with Crippen LogP contribution in [0.15, 0.2) is 152 Å². The van der Waals surface area contributed by atoms with E-state index in [1.165, 1.54) is 27.8 Å². The Labute approximate surface area is 401 Å². The van der Waals surface area contributed by atoms with Gasteiger partial charge in [-0.1, -0.05) is 172 Å². The zero-order chi connectivity index (χ0) is 45.2. The number of nitrogens with zero attached hydrogens (tertiary/aromatic N) is 4. The fraction of sp³-hybridized carbons (Fsp3) is 0.254. The van der Waals surface area contributed by atoms with Crippen LogP contribution in [-0.2, 0) is 42.7 Å². The van der Waals surface area contributed by atoms with Crippen molar-refractivity contribution in [2.45, 2.75) is 97.8 Å². The number of ether oxygens (including phenoxy) is 1. The molecule has 0 radical (unpaired) electrons. The van der Waals surface area contributed by atoms with E-state index in [1.54, 1.807) is 0 Å². The van der Waals surface area contributed by atoms with Gasteiger partial charge in [0.1, 0.15) is 5.82 Å². The van der Waals surface area contributed by atoms with E-state index in [0.717, 1.165) is 50.3 Å². The Morgan fingerprint density at radius 3 is 1.88 bits per heavy atom. The Morgan fingerprint density at radius 1 is 0.569 bits per heavy atom. The minimum Gasteiger partial charge on any atom is -0.509 e. The molecule has 65 heavy (non-hydrogen) atoms. The summed E-state index contributed by atoms with van der Waals surface area (Å²) in [7, 11) is 0. The number of anilines is 2. The molecule has 1 aliphatic rings. The molecule has 5 nitrogen and oxygen atoms in total. The van der Waals surface area contributed by atoms with Crippen LogP contribution in [0.3, 0.4) is 0 Å². The van der Waals surface area contributed by atoms with Crippen LogP contribution in [-0.4, -0.2) is 9.55 Å². The largest absolute Gasteiger partial charge is 0.509 e. The number of para-hydroxylation sites is 1. The first-order chi connectivity index (χ1) is 30.4. The number of rotatable bonds is 8. The number of hydrogen-bond donors (Lipinski definition) is 0. The quantitative estimate of drug-likeness (QED) is 0.142. The van der Waals surface area contributed by atoms with E-state index < -0.39 is 0 Å². The second-order valence-electron chi connectivity index (χ2n) is 20.8. The summed E-state index contributed by atoms with van der Waals surface area (Å²) in [5.41, 5.74) is 11.9. The van der Waals surface area contributed by atoms with Crippen molar-refractivity contribution in [2.24, 2.45) is 0 Å². The third-order valence-corrected chi connectivity index (χ3v) is 12.7. The van der Waals surface area contributed by atoms with Crippen LogP contribution in [0.2, 0.25) is 0 Å². The molecule has 0 atom stereocenters. The van der Waals surface area contributed by atoms with Crippen molar-refractivity contribution >= 4 is 38.9 Å². The van der Waals surface area contributed by atoms with Crippen molar-refractivity contribution in [3.8, 4) is 17.3 Å². The van der Waals surface area contributed by atoms with Crippen molar-refractivity contribution in [1.29, 1.82) is 0 Å². The Bertz CT molecular complexity index is 3000. The third kappa shape index (κ3) is 8.93. The molecule has 0 spiro atoms. The first kappa shape index (κ1) is 45.7. The third-order valence-electron chi connectivity index (χ3n) is 12.7. The van der Waals surface area contributed by atoms with E-state index in [1.807, 2.05) is 18.3 Å². The number of aromatic nitrogens is 2. The van der Waals surface area contributed by atoms with E-state index in [4.69, 9.17) is 9.72 Å². The van der Waals surface area contributed by atoms with E-state index in [2.05, 4.69) is 243 Å². The second-order valence-corrected chi connectivity index (χ2v) is 20.8. The number of fused-ring (bicyclic) bond motifs is 3. The van der Waals surface area contributed by atoms with E-state index in [9.17, 15) is 0 Å². The van der Waals surface area contributed by atoms with Crippen molar-refractivity contribution < 1.29 is 25.8 Å². The summed E-state index contributed by atoms with van der Waals surface area (Å²) in [6, 6.07) is 56.9. The standard InChI is InChI=1S/C59H59N4O.Pt/c1-56(2,3)43-31-44(57(4,5)6)33-46(32-43)61-38-53(40-21-14-12-15-22-40)62(39-61)45-25-20-26-47(35-45)64-48-36-50(58(7,8)9)55-49-27-18-19-28-51(49)63(52(55)37-48)54-34-42(29-30-60-54)59(10,11)41-23-16-13-17-24-41;/h12-34,36,38-39H,1-11H3;/q-3;. The van der Waals surface area contributed by atoms with Crippen LogP contribution in [0.4, 0.5) is 11.4 Å². The molecule has 0 saturated carbocycles. The zero-order valence-corrected chi connectivity index (χ0v) is 41.8. The zero-order valence-electron chi connectivity index (χ0n) is 39.5. The summed E-state index contributed by atoms with van der Waals surface area (Å²) >= 11 is 0. The first-order valence-corrected chi connectivity index (χ1v) is 22.4. The molecular formula is C59H59N4OPt-3. The van der Waals surface area contributed by atoms with Crippen LogP contribution < -0.4 is 14.5 Å². The second kappa shape index (κ2) is 17.1. The van der Waals surface area contributed by atoms with Crippen LogP contribution in [0.1, 0.15) is 110 Å². The van der Waals surface area contributed by atoms with Gasteiger partial charge < -0.3 is 19.1 Å². The molecule has 0 saturated heterocycles. The fourth-order valence-corrected chi connectivity index (χ4v) is 8.77. The van der Waals surface area contributed by atoms with Gasteiger partial charge in [0.25, 0.3) is 0 Å². The molecule has 0 N–H and O–H groups in total. The van der Waals surface area contributed by atoms with Crippen LogP contribution in [0, 0.1) is 18.8 Å². The first-order valence-electron chi connectivity index (χ1n) is 22.4. The normalized spacial score (nSPS) is 13.6. The van der Waals surface area contributed by atoms with Gasteiger partial charge >= 0.3 is 0 Å². The van der Waals surface area contributed by atoms with Crippen molar-refractivity contribution in [2.75, 3.05) is 9.80 Å². The molecule has 0 fully saturated rings. The van der Waals surface area contributed by atoms with Gasteiger partial charge in [-0.05, 0) is 86.0 Å². The topological polar surface area (TPSA) is 33.5 Å². The van der Waals surface area contributed by atoms with E-state index in [0.29, 0.717) is 11.5 Å². The minimum absolute atomic E-state index is 0. The van der Waals surface area contributed by atoms with Gasteiger partial charge in [-0.25, -0.2) is 4.98 Å². The van der Waals surface area contributed by atoms with Gasteiger partial charge in [0.2, 0.25) is 0 Å². The van der Waals surface area contributed by atoms with Gasteiger partial charge in [0.05, 0.1) is 0 Å². The maximum atomic E-state index is 6.89. The van der Waals surface area contributed by atoms with Crippen LogP contribution >= 0.6 is 0 Å². The predicted molar refractivity (Wildman–Crippen MR) is 268 cm³/mol. The number of hydrogen-bond acceptors (Lipinski definition) is 4. The van der Waals surface area contributed by atoms with Crippen molar-refractivity contribution in [3.05, 3.63) is 204 Å². The molecule has 3 heterocycles. The van der Waals surface area contributed by atoms with Gasteiger partial charge in [0, 0.05) is 61.1 Å². The maximum absolute atomic E-state index is 6.89. The Morgan fingerprint density at radius 2 is 1.22 bits per heavy atom. The summed E-state index contributed by atoms with van der Waals surface area (Å²) in [4.78, 5) is 9.48. The number of benzene rings is 6. The molecule has 0 bridgehead atoms. The molecule has 0 unspecified atom stereocenters. The van der Waals surface area contributed by atoms with Crippen molar-refractivity contribution in [1.82, 2.24) is 9.55 Å². The summed E-state index contributed by atoms with van der Waals surface area (Å²) in [6.45, 7) is 27.2. The van der Waals surface area contributed by atoms with E-state index >= 15 is 0 Å². The molecule has 8 aromatic rings.